The van der Waals surface area contributed by atoms with Gasteiger partial charge in [0.05, 0.1) is 22.9 Å². The third-order valence-corrected chi connectivity index (χ3v) is 4.21. The Kier molecular flexibility index (Phi) is 6.21. The van der Waals surface area contributed by atoms with Crippen molar-refractivity contribution < 1.29 is 4.74 Å². The van der Waals surface area contributed by atoms with Crippen molar-refractivity contribution in [3.63, 3.8) is 0 Å². The van der Waals surface area contributed by atoms with Crippen LogP contribution >= 0.6 is 23.2 Å². The third kappa shape index (κ3) is 4.41. The Morgan fingerprint density at radius 3 is 2.80 bits per heavy atom. The van der Waals surface area contributed by atoms with Crippen LogP contribution in [0.2, 0.25) is 10.0 Å². The minimum absolute atomic E-state index is 0.312. The molecule has 4 heteroatoms. The fourth-order valence-electron chi connectivity index (χ4n) is 2.40. The summed E-state index contributed by atoms with van der Waals surface area (Å²) in [5, 5.41) is 4.82. The Morgan fingerprint density at radius 1 is 1.30 bits per heavy atom. The van der Waals surface area contributed by atoms with Crippen molar-refractivity contribution >= 4 is 23.2 Å². The molecule has 1 aliphatic heterocycles. The Bertz CT molecular complexity index is 474. The molecule has 110 valence electrons. The van der Waals surface area contributed by atoms with Crippen molar-refractivity contribution in [3.05, 3.63) is 45.6 Å². The second kappa shape index (κ2) is 7.92. The van der Waals surface area contributed by atoms with Crippen LogP contribution in [-0.4, -0.2) is 19.2 Å². The van der Waals surface area contributed by atoms with Gasteiger partial charge in [0.15, 0.2) is 0 Å². The SMILES string of the molecule is CCCNC(Cc1ccc(Cl)c(Cl)c1)C1=COCCC1. The van der Waals surface area contributed by atoms with E-state index in [4.69, 9.17) is 27.9 Å². The summed E-state index contributed by atoms with van der Waals surface area (Å²) in [6, 6.07) is 6.17. The molecular weight excluding hydrogens is 293 g/mol. The molecule has 1 N–H and O–H groups in total. The summed E-state index contributed by atoms with van der Waals surface area (Å²) < 4.78 is 5.47. The largest absolute Gasteiger partial charge is 0.501 e. The highest BCUT2D eigenvalue weighted by atomic mass is 35.5. The normalized spacial score (nSPS) is 16.4. The molecule has 0 aromatic heterocycles. The molecule has 1 heterocycles. The highest BCUT2D eigenvalue weighted by molar-refractivity contribution is 6.42. The van der Waals surface area contributed by atoms with Gasteiger partial charge in [0.25, 0.3) is 0 Å². The molecule has 0 spiro atoms. The molecule has 1 unspecified atom stereocenters. The molecule has 1 aliphatic rings. The van der Waals surface area contributed by atoms with Crippen molar-refractivity contribution in [2.24, 2.45) is 0 Å². The van der Waals surface area contributed by atoms with Crippen molar-refractivity contribution in [2.45, 2.75) is 38.6 Å². The van der Waals surface area contributed by atoms with E-state index in [0.29, 0.717) is 16.1 Å². The van der Waals surface area contributed by atoms with Crippen molar-refractivity contribution in [2.75, 3.05) is 13.2 Å². The predicted molar refractivity (Wildman–Crippen MR) is 85.5 cm³/mol. The van der Waals surface area contributed by atoms with Crippen LogP contribution in [0.1, 0.15) is 31.7 Å². The number of halogens is 2. The smallest absolute Gasteiger partial charge is 0.0876 e. The standard InChI is InChI=1S/C16H21Cl2NO/c1-2-7-19-16(13-4-3-8-20-11-13)10-12-5-6-14(17)15(18)9-12/h5-6,9,11,16,19H,2-4,7-8,10H2,1H3. The molecule has 1 aromatic rings. The van der Waals surface area contributed by atoms with Gasteiger partial charge < -0.3 is 10.1 Å². The maximum atomic E-state index is 6.10. The van der Waals surface area contributed by atoms with Crippen LogP contribution in [0.5, 0.6) is 0 Å². The van der Waals surface area contributed by atoms with Gasteiger partial charge in [0.2, 0.25) is 0 Å². The number of rotatable bonds is 6. The molecular formula is C16H21Cl2NO. The summed E-state index contributed by atoms with van der Waals surface area (Å²) in [5.41, 5.74) is 2.54. The molecule has 0 saturated carbocycles. The van der Waals surface area contributed by atoms with Gasteiger partial charge in [-0.25, -0.2) is 0 Å². The number of ether oxygens (including phenoxy) is 1. The molecule has 0 saturated heterocycles. The minimum Gasteiger partial charge on any atom is -0.501 e. The predicted octanol–water partition coefficient (Wildman–Crippen LogP) is 4.60. The molecule has 0 amide bonds. The first-order valence-corrected chi connectivity index (χ1v) is 7.94. The minimum atomic E-state index is 0.312. The zero-order chi connectivity index (χ0) is 14.4. The highest BCUT2D eigenvalue weighted by Crippen LogP contribution is 2.25. The maximum Gasteiger partial charge on any atom is 0.0876 e. The fraction of sp³-hybridized carbons (Fsp3) is 0.500. The summed E-state index contributed by atoms with van der Waals surface area (Å²) >= 11 is 12.1. The second-order valence-electron chi connectivity index (χ2n) is 5.13. The lowest BCUT2D eigenvalue weighted by Crippen LogP contribution is -2.34. The topological polar surface area (TPSA) is 21.3 Å². The Morgan fingerprint density at radius 2 is 2.15 bits per heavy atom. The number of hydrogen-bond acceptors (Lipinski definition) is 2. The summed E-state index contributed by atoms with van der Waals surface area (Å²) in [7, 11) is 0. The third-order valence-electron chi connectivity index (χ3n) is 3.47. The van der Waals surface area contributed by atoms with Crippen LogP contribution < -0.4 is 5.32 Å². The van der Waals surface area contributed by atoms with Crippen molar-refractivity contribution in [1.82, 2.24) is 5.32 Å². The van der Waals surface area contributed by atoms with Crippen LogP contribution in [-0.2, 0) is 11.2 Å². The summed E-state index contributed by atoms with van der Waals surface area (Å²) in [5.74, 6) is 0. The zero-order valence-corrected chi connectivity index (χ0v) is 13.3. The fourth-order valence-corrected chi connectivity index (χ4v) is 2.72. The highest BCUT2D eigenvalue weighted by Gasteiger charge is 2.17. The summed E-state index contributed by atoms with van der Waals surface area (Å²) in [6.07, 6.45) is 6.15. The molecule has 0 radical (unpaired) electrons. The molecule has 0 aliphatic carbocycles. The van der Waals surface area contributed by atoms with Crippen LogP contribution in [0.4, 0.5) is 0 Å². The summed E-state index contributed by atoms with van der Waals surface area (Å²) in [6.45, 7) is 4.01. The Hall–Kier alpha value is -0.700. The molecule has 1 aromatic carbocycles. The monoisotopic (exact) mass is 313 g/mol. The van der Waals surface area contributed by atoms with E-state index in [-0.39, 0.29) is 0 Å². The van der Waals surface area contributed by atoms with Gasteiger partial charge in [-0.15, -0.1) is 0 Å². The average molecular weight is 314 g/mol. The van der Waals surface area contributed by atoms with Crippen LogP contribution in [0, 0.1) is 0 Å². The lowest BCUT2D eigenvalue weighted by atomic mass is 9.95. The van der Waals surface area contributed by atoms with Crippen LogP contribution in [0.15, 0.2) is 30.0 Å². The van der Waals surface area contributed by atoms with Gasteiger partial charge in [-0.3, -0.25) is 0 Å². The van der Waals surface area contributed by atoms with E-state index in [1.165, 1.54) is 11.1 Å². The number of benzene rings is 1. The zero-order valence-electron chi connectivity index (χ0n) is 11.8. The van der Waals surface area contributed by atoms with E-state index < -0.39 is 0 Å². The average Bonchev–Trinajstić information content (AvgIpc) is 2.48. The first-order valence-electron chi connectivity index (χ1n) is 7.18. The Labute approximate surface area is 131 Å². The van der Waals surface area contributed by atoms with Gasteiger partial charge in [-0.05, 0) is 55.5 Å². The molecule has 1 atom stereocenters. The van der Waals surface area contributed by atoms with Crippen molar-refractivity contribution in [1.29, 1.82) is 0 Å². The lowest BCUT2D eigenvalue weighted by Gasteiger charge is -2.24. The van der Waals surface area contributed by atoms with Gasteiger partial charge in [0, 0.05) is 6.04 Å². The number of hydrogen-bond donors (Lipinski definition) is 1. The van der Waals surface area contributed by atoms with Gasteiger partial charge >= 0.3 is 0 Å². The molecule has 0 bridgehead atoms. The van der Waals surface area contributed by atoms with E-state index in [1.54, 1.807) is 0 Å². The summed E-state index contributed by atoms with van der Waals surface area (Å²) in [4.78, 5) is 0. The van der Waals surface area contributed by atoms with Crippen LogP contribution in [0.25, 0.3) is 0 Å². The molecule has 0 fully saturated rings. The van der Waals surface area contributed by atoms with Crippen molar-refractivity contribution in [3.8, 4) is 0 Å². The van der Waals surface area contributed by atoms with E-state index >= 15 is 0 Å². The molecule has 20 heavy (non-hydrogen) atoms. The van der Waals surface area contributed by atoms with Gasteiger partial charge in [-0.1, -0.05) is 36.2 Å². The number of nitrogens with one attached hydrogen (secondary N) is 1. The lowest BCUT2D eigenvalue weighted by molar-refractivity contribution is 0.219. The van der Waals surface area contributed by atoms with E-state index in [1.807, 2.05) is 24.5 Å². The first-order chi connectivity index (χ1) is 9.70. The van der Waals surface area contributed by atoms with E-state index in [9.17, 15) is 0 Å². The van der Waals surface area contributed by atoms with Gasteiger partial charge in [-0.2, -0.15) is 0 Å². The van der Waals surface area contributed by atoms with Gasteiger partial charge in [0.1, 0.15) is 0 Å². The van der Waals surface area contributed by atoms with E-state index in [2.05, 4.69) is 12.2 Å². The maximum absolute atomic E-state index is 6.10. The van der Waals surface area contributed by atoms with E-state index in [0.717, 1.165) is 38.8 Å². The molecule has 2 nitrogen and oxygen atoms in total. The second-order valence-corrected chi connectivity index (χ2v) is 5.94. The Balaban J connectivity index is 2.09. The quantitative estimate of drug-likeness (QED) is 0.828. The first kappa shape index (κ1) is 15.7. The molecule has 2 rings (SSSR count). The van der Waals surface area contributed by atoms with Crippen LogP contribution in [0.3, 0.4) is 0 Å².